The lowest BCUT2D eigenvalue weighted by Gasteiger charge is -2.36. The summed E-state index contributed by atoms with van der Waals surface area (Å²) >= 11 is 5.47. The van der Waals surface area contributed by atoms with E-state index in [0.29, 0.717) is 12.5 Å². The van der Waals surface area contributed by atoms with Gasteiger partial charge in [0.1, 0.15) is 5.21 Å². The topological polar surface area (TPSA) is 37.4 Å². The molecule has 84 valence electrons. The first-order valence-corrected chi connectivity index (χ1v) is 7.19. The monoisotopic (exact) mass is 239 g/mol. The molecule has 3 nitrogen and oxygen atoms in total. The third kappa shape index (κ3) is 2.61. The van der Waals surface area contributed by atoms with E-state index in [0.717, 1.165) is 19.3 Å². The van der Waals surface area contributed by atoms with Crippen LogP contribution in [0, 0.1) is 5.92 Å². The maximum atomic E-state index is 11.7. The van der Waals surface area contributed by atoms with Gasteiger partial charge in [0.2, 0.25) is 10.0 Å². The van der Waals surface area contributed by atoms with E-state index in [4.69, 9.17) is 11.6 Å². The lowest BCUT2D eigenvalue weighted by Crippen LogP contribution is -2.46. The number of halogens is 1. The molecule has 0 aliphatic carbocycles. The van der Waals surface area contributed by atoms with Crippen molar-refractivity contribution >= 4 is 21.6 Å². The van der Waals surface area contributed by atoms with E-state index >= 15 is 0 Å². The van der Waals surface area contributed by atoms with Crippen molar-refractivity contribution in [3.05, 3.63) is 0 Å². The van der Waals surface area contributed by atoms with Crippen molar-refractivity contribution in [3.63, 3.8) is 0 Å². The van der Waals surface area contributed by atoms with Crippen LogP contribution >= 0.6 is 11.6 Å². The molecule has 0 N–H and O–H groups in total. The first kappa shape index (κ1) is 12.3. The van der Waals surface area contributed by atoms with Crippen LogP contribution in [0.3, 0.4) is 0 Å². The molecule has 14 heavy (non-hydrogen) atoms. The molecular formula is C9H18ClNO2S. The lowest BCUT2D eigenvalue weighted by molar-refractivity contribution is 0.203. The van der Waals surface area contributed by atoms with Gasteiger partial charge < -0.3 is 0 Å². The summed E-state index contributed by atoms with van der Waals surface area (Å²) in [4.78, 5) is 0. The molecule has 0 amide bonds. The van der Waals surface area contributed by atoms with E-state index in [9.17, 15) is 8.42 Å². The Hall–Kier alpha value is 0.200. The van der Waals surface area contributed by atoms with Gasteiger partial charge in [-0.15, -0.1) is 11.6 Å². The fourth-order valence-electron chi connectivity index (χ4n) is 2.00. The second kappa shape index (κ2) is 4.81. The largest absolute Gasteiger partial charge is 0.228 e. The van der Waals surface area contributed by atoms with Gasteiger partial charge in [-0.1, -0.05) is 20.3 Å². The summed E-state index contributed by atoms with van der Waals surface area (Å²) in [7, 11) is -3.22. The molecule has 1 rings (SSSR count). The Kier molecular flexibility index (Phi) is 4.22. The highest BCUT2D eigenvalue weighted by Gasteiger charge is 2.33. The fourth-order valence-corrected chi connectivity index (χ4v) is 3.67. The molecule has 0 spiro atoms. The zero-order valence-electron chi connectivity index (χ0n) is 8.74. The maximum absolute atomic E-state index is 11.7. The molecule has 0 bridgehead atoms. The number of hydrogen-bond acceptors (Lipinski definition) is 2. The third-order valence-electron chi connectivity index (χ3n) is 2.76. The summed E-state index contributed by atoms with van der Waals surface area (Å²) < 4.78 is 24.9. The summed E-state index contributed by atoms with van der Waals surface area (Å²) in [5.74, 6) is 0.369. The highest BCUT2D eigenvalue weighted by molar-refractivity contribution is 7.90. The van der Waals surface area contributed by atoms with E-state index < -0.39 is 10.0 Å². The SMILES string of the molecule is CC(C)C1CCCCN1S(=O)(=O)CCl. The van der Waals surface area contributed by atoms with Gasteiger partial charge in [-0.25, -0.2) is 8.42 Å². The minimum Gasteiger partial charge on any atom is -0.211 e. The molecule has 0 aromatic carbocycles. The third-order valence-corrected chi connectivity index (χ3v) is 5.03. The van der Waals surface area contributed by atoms with Crippen molar-refractivity contribution in [1.29, 1.82) is 0 Å². The molecule has 1 heterocycles. The summed E-state index contributed by atoms with van der Waals surface area (Å²) in [5, 5.41) is -0.295. The number of alkyl halides is 1. The van der Waals surface area contributed by atoms with Gasteiger partial charge in [-0.3, -0.25) is 0 Å². The highest BCUT2D eigenvalue weighted by Crippen LogP contribution is 2.26. The number of rotatable bonds is 3. The van der Waals surface area contributed by atoms with Crippen LogP contribution in [0.4, 0.5) is 0 Å². The number of piperidine rings is 1. The van der Waals surface area contributed by atoms with Crippen LogP contribution in [0.25, 0.3) is 0 Å². The molecule has 1 unspecified atom stereocenters. The average Bonchev–Trinajstić information content (AvgIpc) is 2.18. The van der Waals surface area contributed by atoms with Gasteiger partial charge in [0, 0.05) is 12.6 Å². The van der Waals surface area contributed by atoms with Gasteiger partial charge in [0.15, 0.2) is 0 Å². The predicted molar refractivity (Wildman–Crippen MR) is 58.8 cm³/mol. The first-order valence-electron chi connectivity index (χ1n) is 5.04. The van der Waals surface area contributed by atoms with Crippen molar-refractivity contribution in [2.24, 2.45) is 5.92 Å². The molecule has 1 aliphatic heterocycles. The Labute approximate surface area is 91.5 Å². The fraction of sp³-hybridized carbons (Fsp3) is 1.00. The van der Waals surface area contributed by atoms with Gasteiger partial charge in [-0.2, -0.15) is 4.31 Å². The van der Waals surface area contributed by atoms with Crippen LogP contribution in [0.1, 0.15) is 33.1 Å². The van der Waals surface area contributed by atoms with Crippen LogP contribution in [0.15, 0.2) is 0 Å². The molecule has 0 radical (unpaired) electrons. The minimum atomic E-state index is -3.22. The number of hydrogen-bond donors (Lipinski definition) is 0. The standard InChI is InChI=1S/C9H18ClNO2S/c1-8(2)9-5-3-4-6-11(9)14(12,13)7-10/h8-9H,3-7H2,1-2H3. The Balaban J connectivity index is 2.83. The first-order chi connectivity index (χ1) is 6.49. The van der Waals surface area contributed by atoms with Crippen LogP contribution < -0.4 is 0 Å². The Bertz CT molecular complexity index is 277. The normalized spacial score (nSPS) is 25.6. The zero-order valence-corrected chi connectivity index (χ0v) is 10.3. The van der Waals surface area contributed by atoms with Crippen LogP contribution in [-0.4, -0.2) is 30.5 Å². The average molecular weight is 240 g/mol. The molecule has 0 aromatic heterocycles. The molecule has 1 aliphatic rings. The second-order valence-electron chi connectivity index (χ2n) is 4.14. The highest BCUT2D eigenvalue weighted by atomic mass is 35.5. The predicted octanol–water partition coefficient (Wildman–Crippen LogP) is 2.02. The van der Waals surface area contributed by atoms with Gasteiger partial charge in [0.25, 0.3) is 0 Å². The van der Waals surface area contributed by atoms with Gasteiger partial charge in [-0.05, 0) is 18.8 Å². The Morgan fingerprint density at radius 3 is 2.57 bits per heavy atom. The van der Waals surface area contributed by atoms with Crippen molar-refractivity contribution in [2.45, 2.75) is 39.2 Å². The molecule has 5 heteroatoms. The van der Waals surface area contributed by atoms with Crippen LogP contribution in [-0.2, 0) is 10.0 Å². The molecule has 1 saturated heterocycles. The minimum absolute atomic E-state index is 0.146. The molecule has 0 aromatic rings. The number of sulfonamides is 1. The van der Waals surface area contributed by atoms with Crippen LogP contribution in [0.2, 0.25) is 0 Å². The van der Waals surface area contributed by atoms with Crippen LogP contribution in [0.5, 0.6) is 0 Å². The molecule has 1 fully saturated rings. The van der Waals surface area contributed by atoms with Crippen molar-refractivity contribution < 1.29 is 8.42 Å². The van der Waals surface area contributed by atoms with Crippen molar-refractivity contribution in [1.82, 2.24) is 4.31 Å². The van der Waals surface area contributed by atoms with Gasteiger partial charge in [0.05, 0.1) is 0 Å². The van der Waals surface area contributed by atoms with E-state index in [1.165, 1.54) is 0 Å². The molecular weight excluding hydrogens is 222 g/mol. The van der Waals surface area contributed by atoms with E-state index in [2.05, 4.69) is 13.8 Å². The van der Waals surface area contributed by atoms with E-state index in [1.54, 1.807) is 4.31 Å². The summed E-state index contributed by atoms with van der Waals surface area (Å²) in [6.07, 6.45) is 3.05. The molecule has 1 atom stereocenters. The molecule has 0 saturated carbocycles. The summed E-state index contributed by atoms with van der Waals surface area (Å²) in [6.45, 7) is 4.76. The lowest BCUT2D eigenvalue weighted by atomic mass is 9.95. The van der Waals surface area contributed by atoms with E-state index in [1.807, 2.05) is 0 Å². The summed E-state index contributed by atoms with van der Waals surface area (Å²) in [5.41, 5.74) is 0. The number of nitrogens with zero attached hydrogens (tertiary/aromatic N) is 1. The van der Waals surface area contributed by atoms with Crippen molar-refractivity contribution in [2.75, 3.05) is 11.8 Å². The smallest absolute Gasteiger partial charge is 0.211 e. The van der Waals surface area contributed by atoms with E-state index in [-0.39, 0.29) is 11.3 Å². The quantitative estimate of drug-likeness (QED) is 0.707. The second-order valence-corrected chi connectivity index (χ2v) is 6.64. The maximum Gasteiger partial charge on any atom is 0.228 e. The Morgan fingerprint density at radius 1 is 1.43 bits per heavy atom. The Morgan fingerprint density at radius 2 is 2.07 bits per heavy atom. The summed E-state index contributed by atoms with van der Waals surface area (Å²) in [6, 6.07) is 0.146. The van der Waals surface area contributed by atoms with Crippen molar-refractivity contribution in [3.8, 4) is 0 Å². The van der Waals surface area contributed by atoms with Gasteiger partial charge >= 0.3 is 0 Å². The zero-order chi connectivity index (χ0) is 10.8.